The maximum atomic E-state index is 10.6. The molecule has 0 saturated carbocycles. The lowest BCUT2D eigenvalue weighted by molar-refractivity contribution is 0.0688. The molecule has 1 rings (SSSR count). The number of carboxylic acids is 1. The minimum absolute atomic E-state index is 0.00361. The molecule has 0 aliphatic carbocycles. The fourth-order valence-electron chi connectivity index (χ4n) is 0.999. The Morgan fingerprint density at radius 2 is 2.54 bits per heavy atom. The normalized spacial score (nSPS) is 10.2. The molecule has 0 aromatic carbocycles. The van der Waals surface area contributed by atoms with Crippen LogP contribution >= 0.6 is 0 Å². The van der Waals surface area contributed by atoms with Gasteiger partial charge in [0, 0.05) is 20.1 Å². The molecule has 0 aliphatic rings. The van der Waals surface area contributed by atoms with E-state index in [1.54, 1.807) is 7.11 Å². The van der Waals surface area contributed by atoms with Crippen molar-refractivity contribution in [1.82, 2.24) is 4.98 Å². The van der Waals surface area contributed by atoms with Crippen LogP contribution in [-0.2, 0) is 11.2 Å². The fourth-order valence-corrected chi connectivity index (χ4v) is 0.999. The Morgan fingerprint density at radius 1 is 1.77 bits per heavy atom. The van der Waals surface area contributed by atoms with Crippen molar-refractivity contribution in [3.63, 3.8) is 0 Å². The highest BCUT2D eigenvalue weighted by atomic mass is 16.5. The number of nitrogens with zero attached hydrogens (tertiary/aromatic N) is 1. The largest absolute Gasteiger partial charge is 0.476 e. The summed E-state index contributed by atoms with van der Waals surface area (Å²) in [5, 5.41) is 8.66. The number of aromatic carboxylic acids is 1. The van der Waals surface area contributed by atoms with Gasteiger partial charge >= 0.3 is 5.97 Å². The van der Waals surface area contributed by atoms with Gasteiger partial charge in [-0.15, -0.1) is 0 Å². The van der Waals surface area contributed by atoms with Crippen LogP contribution < -0.4 is 0 Å². The Bertz CT molecular complexity index is 281. The quantitative estimate of drug-likeness (QED) is 0.691. The van der Waals surface area contributed by atoms with Crippen LogP contribution in [0.4, 0.5) is 0 Å². The number of oxazole rings is 1. The summed E-state index contributed by atoms with van der Waals surface area (Å²) in [7, 11) is 1.60. The Labute approximate surface area is 75.3 Å². The number of methoxy groups -OCH3 is 1. The molecule has 1 N–H and O–H groups in total. The van der Waals surface area contributed by atoms with Crippen molar-refractivity contribution in [3.05, 3.63) is 17.8 Å². The van der Waals surface area contributed by atoms with E-state index >= 15 is 0 Å². The second-order valence-electron chi connectivity index (χ2n) is 2.53. The van der Waals surface area contributed by atoms with Gasteiger partial charge in [-0.05, 0) is 6.42 Å². The Balaban J connectivity index is 2.55. The van der Waals surface area contributed by atoms with E-state index in [0.717, 1.165) is 12.8 Å². The van der Waals surface area contributed by atoms with Gasteiger partial charge in [-0.1, -0.05) is 0 Å². The first-order chi connectivity index (χ1) is 6.25. The Morgan fingerprint density at radius 3 is 3.15 bits per heavy atom. The van der Waals surface area contributed by atoms with Crippen molar-refractivity contribution in [2.75, 3.05) is 13.7 Å². The van der Waals surface area contributed by atoms with Gasteiger partial charge in [-0.25, -0.2) is 9.78 Å². The minimum Gasteiger partial charge on any atom is -0.476 e. The van der Waals surface area contributed by atoms with Crippen LogP contribution in [0.1, 0.15) is 22.7 Å². The SMILES string of the molecule is COCCCc1ocnc1C(=O)O. The molecule has 0 saturated heterocycles. The van der Waals surface area contributed by atoms with Gasteiger partial charge in [0.25, 0.3) is 0 Å². The van der Waals surface area contributed by atoms with E-state index in [-0.39, 0.29) is 5.69 Å². The van der Waals surface area contributed by atoms with Crippen LogP contribution in [-0.4, -0.2) is 29.8 Å². The highest BCUT2D eigenvalue weighted by Crippen LogP contribution is 2.09. The average Bonchev–Trinajstić information content (AvgIpc) is 2.53. The number of aromatic nitrogens is 1. The number of carboxylic acid groups (broad SMARTS) is 1. The molecule has 0 bridgehead atoms. The Kier molecular flexibility index (Phi) is 3.45. The fraction of sp³-hybridized carbons (Fsp3) is 0.500. The Hall–Kier alpha value is -1.36. The molecule has 0 amide bonds. The molecule has 5 nitrogen and oxygen atoms in total. The predicted octanol–water partition coefficient (Wildman–Crippen LogP) is 0.952. The third-order valence-electron chi connectivity index (χ3n) is 1.60. The summed E-state index contributed by atoms with van der Waals surface area (Å²) in [6.45, 7) is 0.583. The monoisotopic (exact) mass is 185 g/mol. The number of ether oxygens (including phenoxy) is 1. The lowest BCUT2D eigenvalue weighted by atomic mass is 10.2. The van der Waals surface area contributed by atoms with Crippen molar-refractivity contribution >= 4 is 5.97 Å². The summed E-state index contributed by atoms with van der Waals surface area (Å²) >= 11 is 0. The van der Waals surface area contributed by atoms with Crippen molar-refractivity contribution in [2.24, 2.45) is 0 Å². The van der Waals surface area contributed by atoms with Gasteiger partial charge in [0.05, 0.1) is 0 Å². The average molecular weight is 185 g/mol. The molecule has 13 heavy (non-hydrogen) atoms. The number of rotatable bonds is 5. The van der Waals surface area contributed by atoms with E-state index in [1.165, 1.54) is 0 Å². The van der Waals surface area contributed by atoms with E-state index in [1.807, 2.05) is 0 Å². The first-order valence-electron chi connectivity index (χ1n) is 3.90. The van der Waals surface area contributed by atoms with Gasteiger partial charge in [0.2, 0.25) is 0 Å². The molecule has 0 aliphatic heterocycles. The van der Waals surface area contributed by atoms with Crippen LogP contribution in [0.3, 0.4) is 0 Å². The number of carbonyl (C=O) groups is 1. The van der Waals surface area contributed by atoms with E-state index in [9.17, 15) is 4.79 Å². The summed E-state index contributed by atoms with van der Waals surface area (Å²) in [5.41, 5.74) is -0.00361. The van der Waals surface area contributed by atoms with Crippen molar-refractivity contribution in [3.8, 4) is 0 Å². The topological polar surface area (TPSA) is 72.6 Å². The molecule has 0 atom stereocenters. The molecular formula is C8H11NO4. The van der Waals surface area contributed by atoms with Crippen LogP contribution in [0.25, 0.3) is 0 Å². The predicted molar refractivity (Wildman–Crippen MR) is 43.7 cm³/mol. The van der Waals surface area contributed by atoms with E-state index in [2.05, 4.69) is 4.98 Å². The van der Waals surface area contributed by atoms with E-state index in [4.69, 9.17) is 14.3 Å². The van der Waals surface area contributed by atoms with Gasteiger partial charge in [0.1, 0.15) is 5.76 Å². The standard InChI is InChI=1S/C8H11NO4/c1-12-4-2-3-6-7(8(10)11)9-5-13-6/h5H,2-4H2,1H3,(H,10,11). The van der Waals surface area contributed by atoms with Crippen LogP contribution in [0, 0.1) is 0 Å². The third-order valence-corrected chi connectivity index (χ3v) is 1.60. The number of hydrogen-bond donors (Lipinski definition) is 1. The smallest absolute Gasteiger partial charge is 0.358 e. The van der Waals surface area contributed by atoms with E-state index in [0.29, 0.717) is 18.8 Å². The zero-order chi connectivity index (χ0) is 9.68. The molecule has 1 aromatic heterocycles. The highest BCUT2D eigenvalue weighted by molar-refractivity contribution is 5.86. The molecule has 5 heteroatoms. The van der Waals surface area contributed by atoms with Crippen molar-refractivity contribution in [1.29, 1.82) is 0 Å². The van der Waals surface area contributed by atoms with Gasteiger partial charge in [-0.3, -0.25) is 0 Å². The third kappa shape index (κ3) is 2.55. The van der Waals surface area contributed by atoms with Gasteiger partial charge < -0.3 is 14.3 Å². The molecule has 0 unspecified atom stereocenters. The van der Waals surface area contributed by atoms with Crippen LogP contribution in [0.2, 0.25) is 0 Å². The number of hydrogen-bond acceptors (Lipinski definition) is 4. The van der Waals surface area contributed by atoms with Crippen molar-refractivity contribution in [2.45, 2.75) is 12.8 Å². The summed E-state index contributed by atoms with van der Waals surface area (Å²) in [5.74, 6) is -0.647. The second kappa shape index (κ2) is 4.61. The minimum atomic E-state index is -1.05. The summed E-state index contributed by atoms with van der Waals surface area (Å²) in [4.78, 5) is 14.1. The maximum absolute atomic E-state index is 10.6. The first-order valence-corrected chi connectivity index (χ1v) is 3.90. The lowest BCUT2D eigenvalue weighted by Crippen LogP contribution is -2.02. The molecule has 1 heterocycles. The zero-order valence-corrected chi connectivity index (χ0v) is 7.32. The van der Waals surface area contributed by atoms with Gasteiger partial charge in [-0.2, -0.15) is 0 Å². The van der Waals surface area contributed by atoms with Gasteiger partial charge in [0.15, 0.2) is 12.1 Å². The van der Waals surface area contributed by atoms with Crippen LogP contribution in [0.5, 0.6) is 0 Å². The molecule has 0 spiro atoms. The summed E-state index contributed by atoms with van der Waals surface area (Å²) in [6.07, 6.45) is 2.41. The molecule has 0 radical (unpaired) electrons. The summed E-state index contributed by atoms with van der Waals surface area (Å²) in [6, 6.07) is 0. The molecule has 0 fully saturated rings. The molecular weight excluding hydrogens is 174 g/mol. The molecule has 72 valence electrons. The summed E-state index contributed by atoms with van der Waals surface area (Å²) < 4.78 is 9.76. The lowest BCUT2D eigenvalue weighted by Gasteiger charge is -1.96. The molecule has 1 aromatic rings. The van der Waals surface area contributed by atoms with Crippen LogP contribution in [0.15, 0.2) is 10.8 Å². The maximum Gasteiger partial charge on any atom is 0.358 e. The van der Waals surface area contributed by atoms with Crippen molar-refractivity contribution < 1.29 is 19.1 Å². The number of aryl methyl sites for hydroxylation is 1. The zero-order valence-electron chi connectivity index (χ0n) is 7.32. The first kappa shape index (κ1) is 9.73. The highest BCUT2D eigenvalue weighted by Gasteiger charge is 2.14. The second-order valence-corrected chi connectivity index (χ2v) is 2.53. The van der Waals surface area contributed by atoms with E-state index < -0.39 is 5.97 Å².